The molecule has 0 aromatic heterocycles. The van der Waals surface area contributed by atoms with Crippen LogP contribution in [-0.2, 0) is 4.79 Å². The van der Waals surface area contributed by atoms with E-state index in [1.54, 1.807) is 6.92 Å². The van der Waals surface area contributed by atoms with Gasteiger partial charge in [0.1, 0.15) is 5.02 Å². The van der Waals surface area contributed by atoms with Gasteiger partial charge in [-0.05, 0) is 13.0 Å². The molecule has 0 saturated carbocycles. The van der Waals surface area contributed by atoms with Crippen LogP contribution in [-0.4, -0.2) is 16.9 Å². The number of halogens is 1. The maximum atomic E-state index is 11.3. The molecule has 0 bridgehead atoms. The van der Waals surface area contributed by atoms with Gasteiger partial charge >= 0.3 is 0 Å². The second-order valence-corrected chi connectivity index (χ2v) is 3.71. The molecule has 1 aliphatic rings. The minimum Gasteiger partial charge on any atom is -0.478 e. The second-order valence-electron chi connectivity index (χ2n) is 3.31. The number of carbonyl (C=O) groups excluding carboxylic acids is 1. The summed E-state index contributed by atoms with van der Waals surface area (Å²) in [5.41, 5.74) is 0.0995. The third-order valence-electron chi connectivity index (χ3n) is 2.18. The fourth-order valence-electron chi connectivity index (χ4n) is 1.36. The normalized spacial score (nSPS) is 18.4. The van der Waals surface area contributed by atoms with Gasteiger partial charge in [-0.3, -0.25) is 14.9 Å². The molecule has 1 aliphatic heterocycles. The molecule has 1 amide bonds. The van der Waals surface area contributed by atoms with E-state index in [2.05, 4.69) is 5.32 Å². The van der Waals surface area contributed by atoms with E-state index in [4.69, 9.17) is 16.3 Å². The summed E-state index contributed by atoms with van der Waals surface area (Å²) in [6, 6.07) is 2.51. The number of carbonyl (C=O) groups is 1. The first-order valence-corrected chi connectivity index (χ1v) is 4.82. The maximum Gasteiger partial charge on any atom is 0.291 e. The molecule has 6 nitrogen and oxygen atoms in total. The minimum absolute atomic E-state index is 0.0396. The molecule has 16 heavy (non-hydrogen) atoms. The number of anilines is 1. The fourth-order valence-corrected chi connectivity index (χ4v) is 1.59. The molecule has 0 saturated heterocycles. The van der Waals surface area contributed by atoms with Gasteiger partial charge in [-0.25, -0.2) is 0 Å². The van der Waals surface area contributed by atoms with Crippen LogP contribution >= 0.6 is 11.6 Å². The first-order valence-electron chi connectivity index (χ1n) is 4.44. The van der Waals surface area contributed by atoms with E-state index in [1.807, 2.05) is 0 Å². The molecule has 1 atom stereocenters. The fraction of sp³-hybridized carbons (Fsp3) is 0.222. The minimum atomic E-state index is -0.673. The highest BCUT2D eigenvalue weighted by atomic mass is 35.5. The lowest BCUT2D eigenvalue weighted by Crippen LogP contribution is -2.34. The number of nitrogens with one attached hydrogen (secondary N) is 1. The average molecular weight is 243 g/mol. The van der Waals surface area contributed by atoms with Crippen LogP contribution in [0.1, 0.15) is 6.92 Å². The molecular formula is C9H7ClN2O4. The smallest absolute Gasteiger partial charge is 0.291 e. The zero-order valence-electron chi connectivity index (χ0n) is 8.19. The number of ether oxygens (including phenoxy) is 1. The lowest BCUT2D eigenvalue weighted by Gasteiger charge is -2.23. The van der Waals surface area contributed by atoms with Gasteiger partial charge < -0.3 is 10.1 Å². The summed E-state index contributed by atoms with van der Waals surface area (Å²) in [4.78, 5) is 21.3. The summed E-state index contributed by atoms with van der Waals surface area (Å²) in [5, 5.41) is 13.1. The monoisotopic (exact) mass is 242 g/mol. The molecule has 0 spiro atoms. The Balaban J connectivity index is 2.50. The summed E-state index contributed by atoms with van der Waals surface area (Å²) in [6.07, 6.45) is -0.673. The Kier molecular flexibility index (Phi) is 2.43. The van der Waals surface area contributed by atoms with Crippen molar-refractivity contribution < 1.29 is 14.5 Å². The molecule has 1 aromatic carbocycles. The van der Waals surface area contributed by atoms with Crippen LogP contribution in [0.25, 0.3) is 0 Å². The van der Waals surface area contributed by atoms with Crippen molar-refractivity contribution in [2.45, 2.75) is 13.0 Å². The van der Waals surface area contributed by atoms with Gasteiger partial charge in [-0.2, -0.15) is 0 Å². The van der Waals surface area contributed by atoms with E-state index in [-0.39, 0.29) is 22.4 Å². The summed E-state index contributed by atoms with van der Waals surface area (Å²) in [6.45, 7) is 1.55. The van der Waals surface area contributed by atoms with Crippen molar-refractivity contribution in [1.82, 2.24) is 0 Å². The second kappa shape index (κ2) is 3.64. The van der Waals surface area contributed by atoms with Crippen LogP contribution in [0.15, 0.2) is 12.1 Å². The quantitative estimate of drug-likeness (QED) is 0.603. The van der Waals surface area contributed by atoms with Crippen LogP contribution < -0.4 is 10.1 Å². The van der Waals surface area contributed by atoms with Crippen LogP contribution in [0.2, 0.25) is 5.02 Å². The molecule has 7 heteroatoms. The molecule has 1 heterocycles. The predicted octanol–water partition coefficient (Wildman–Crippen LogP) is 1.97. The van der Waals surface area contributed by atoms with Crippen LogP contribution in [0.3, 0.4) is 0 Å². The van der Waals surface area contributed by atoms with Crippen molar-refractivity contribution in [3.05, 3.63) is 27.3 Å². The molecule has 0 radical (unpaired) electrons. The van der Waals surface area contributed by atoms with E-state index in [0.29, 0.717) is 5.69 Å². The number of nitrogens with zero attached hydrogens (tertiary/aromatic N) is 1. The SMILES string of the molecule is CC1Oc2cc([N+](=O)[O-])c(Cl)cc2NC1=O. The summed E-state index contributed by atoms with van der Waals surface area (Å²) >= 11 is 5.69. The zero-order chi connectivity index (χ0) is 11.9. The zero-order valence-corrected chi connectivity index (χ0v) is 8.95. The first-order chi connectivity index (χ1) is 7.49. The lowest BCUT2D eigenvalue weighted by atomic mass is 10.2. The number of rotatable bonds is 1. The van der Waals surface area contributed by atoms with Crippen molar-refractivity contribution in [2.75, 3.05) is 5.32 Å². The van der Waals surface area contributed by atoms with Crippen LogP contribution in [0.5, 0.6) is 5.75 Å². The number of amides is 1. The number of hydrogen-bond acceptors (Lipinski definition) is 4. The van der Waals surface area contributed by atoms with E-state index in [9.17, 15) is 14.9 Å². The summed E-state index contributed by atoms with van der Waals surface area (Å²) in [7, 11) is 0. The summed E-state index contributed by atoms with van der Waals surface area (Å²) < 4.78 is 5.21. The van der Waals surface area contributed by atoms with Gasteiger partial charge in [-0.15, -0.1) is 0 Å². The van der Waals surface area contributed by atoms with Gasteiger partial charge in [0, 0.05) is 0 Å². The third-order valence-corrected chi connectivity index (χ3v) is 2.48. The van der Waals surface area contributed by atoms with E-state index in [1.165, 1.54) is 12.1 Å². The van der Waals surface area contributed by atoms with Crippen LogP contribution in [0.4, 0.5) is 11.4 Å². The molecule has 1 aromatic rings. The average Bonchev–Trinajstić information content (AvgIpc) is 2.19. The highest BCUT2D eigenvalue weighted by molar-refractivity contribution is 6.33. The standard InChI is InChI=1S/C9H7ClN2O4/c1-4-9(13)11-6-2-5(10)7(12(14)15)3-8(6)16-4/h2-4H,1H3,(H,11,13). The molecule has 84 valence electrons. The molecule has 0 aliphatic carbocycles. The maximum absolute atomic E-state index is 11.3. The number of fused-ring (bicyclic) bond motifs is 1. The van der Waals surface area contributed by atoms with Gasteiger partial charge in [0.25, 0.3) is 11.6 Å². The first kappa shape index (κ1) is 10.7. The Hall–Kier alpha value is -1.82. The molecule has 2 rings (SSSR count). The van der Waals surface area contributed by atoms with E-state index < -0.39 is 11.0 Å². The Morgan fingerprint density at radius 3 is 2.88 bits per heavy atom. The van der Waals surface area contributed by atoms with Gasteiger partial charge in [0.15, 0.2) is 11.9 Å². The Morgan fingerprint density at radius 2 is 2.25 bits per heavy atom. The Morgan fingerprint density at radius 1 is 1.56 bits per heavy atom. The predicted molar refractivity (Wildman–Crippen MR) is 56.8 cm³/mol. The number of benzene rings is 1. The molecular weight excluding hydrogens is 236 g/mol. The van der Waals surface area contributed by atoms with Crippen molar-refractivity contribution in [3.8, 4) is 5.75 Å². The molecule has 1 unspecified atom stereocenters. The summed E-state index contributed by atoms with van der Waals surface area (Å²) in [5.74, 6) is -0.0550. The van der Waals surface area contributed by atoms with Crippen LogP contribution in [0, 0.1) is 10.1 Å². The number of nitro groups is 1. The Labute approximate surface area is 95.3 Å². The largest absolute Gasteiger partial charge is 0.478 e. The van der Waals surface area contributed by atoms with Crippen molar-refractivity contribution in [2.24, 2.45) is 0 Å². The molecule has 1 N–H and O–H groups in total. The van der Waals surface area contributed by atoms with Crippen molar-refractivity contribution in [3.63, 3.8) is 0 Å². The van der Waals surface area contributed by atoms with Gasteiger partial charge in [0.2, 0.25) is 0 Å². The third kappa shape index (κ3) is 1.67. The van der Waals surface area contributed by atoms with E-state index in [0.717, 1.165) is 0 Å². The van der Waals surface area contributed by atoms with Crippen molar-refractivity contribution >= 4 is 28.9 Å². The van der Waals surface area contributed by atoms with Gasteiger partial charge in [0.05, 0.1) is 16.7 Å². The highest BCUT2D eigenvalue weighted by Crippen LogP contribution is 2.38. The van der Waals surface area contributed by atoms with Gasteiger partial charge in [-0.1, -0.05) is 11.6 Å². The molecule has 0 fully saturated rings. The Bertz CT molecular complexity index is 489. The topological polar surface area (TPSA) is 81.5 Å². The highest BCUT2D eigenvalue weighted by Gasteiger charge is 2.27. The van der Waals surface area contributed by atoms with E-state index >= 15 is 0 Å². The number of nitro benzene ring substituents is 1. The number of hydrogen-bond donors (Lipinski definition) is 1. The lowest BCUT2D eigenvalue weighted by molar-refractivity contribution is -0.384. The van der Waals surface area contributed by atoms with Crippen molar-refractivity contribution in [1.29, 1.82) is 0 Å².